The first-order chi connectivity index (χ1) is 12.1. The van der Waals surface area contributed by atoms with E-state index in [1.807, 2.05) is 4.90 Å². The van der Waals surface area contributed by atoms with Crippen molar-refractivity contribution in [2.75, 3.05) is 25.0 Å². The molecule has 1 saturated carbocycles. The molecular weight excluding hydrogens is 320 g/mol. The Morgan fingerprint density at radius 1 is 1.20 bits per heavy atom. The molecule has 0 radical (unpaired) electrons. The Labute approximate surface area is 145 Å². The highest BCUT2D eigenvalue weighted by molar-refractivity contribution is 5.96. The van der Waals surface area contributed by atoms with Crippen LogP contribution in [0.2, 0.25) is 0 Å². The molecule has 2 heterocycles. The van der Waals surface area contributed by atoms with E-state index in [0.717, 1.165) is 31.8 Å². The quantitative estimate of drug-likeness (QED) is 0.811. The van der Waals surface area contributed by atoms with Crippen molar-refractivity contribution >= 4 is 17.4 Å². The largest absolute Gasteiger partial charge is 0.339 e. The summed E-state index contributed by atoms with van der Waals surface area (Å²) in [4.78, 5) is 29.9. The molecule has 25 heavy (non-hydrogen) atoms. The zero-order valence-electron chi connectivity index (χ0n) is 14.1. The molecule has 1 aromatic heterocycles. The number of anilines is 1. The highest BCUT2D eigenvalue weighted by Crippen LogP contribution is 2.39. The molecule has 2 aromatic rings. The monoisotopic (exact) mass is 340 g/mol. The third kappa shape index (κ3) is 3.61. The van der Waals surface area contributed by atoms with Crippen LogP contribution in [0.25, 0.3) is 0 Å². The first-order valence-corrected chi connectivity index (χ1v) is 8.55. The molecule has 130 valence electrons. The van der Waals surface area contributed by atoms with Crippen LogP contribution < -0.4 is 5.32 Å². The molecule has 7 nitrogen and oxygen atoms in total. The molecule has 1 N–H and O–H groups in total. The molecule has 0 unspecified atom stereocenters. The maximum absolute atomic E-state index is 12.1. The summed E-state index contributed by atoms with van der Waals surface area (Å²) in [5.74, 6) is 2.18. The summed E-state index contributed by atoms with van der Waals surface area (Å²) in [5.41, 5.74) is 1.33. The van der Waals surface area contributed by atoms with E-state index in [0.29, 0.717) is 29.6 Å². The molecule has 1 amide bonds. The number of nitrogens with zero attached hydrogens (tertiary/aromatic N) is 3. The number of hydrogen-bond acceptors (Lipinski definition) is 6. The SMILES string of the molecule is CC(=O)c1ccc(NC(=O)CN2CC(c3nc(C4CC4)no3)C2)cc1. The van der Waals surface area contributed by atoms with Gasteiger partial charge in [0.05, 0.1) is 12.5 Å². The minimum absolute atomic E-state index is 0.00960. The Morgan fingerprint density at radius 3 is 2.56 bits per heavy atom. The van der Waals surface area contributed by atoms with Crippen molar-refractivity contribution < 1.29 is 14.1 Å². The van der Waals surface area contributed by atoms with E-state index < -0.39 is 0 Å². The van der Waals surface area contributed by atoms with Crippen LogP contribution in [0, 0.1) is 0 Å². The second kappa shape index (κ2) is 6.40. The van der Waals surface area contributed by atoms with Crippen LogP contribution in [-0.4, -0.2) is 46.4 Å². The number of ketones is 1. The third-order valence-corrected chi connectivity index (χ3v) is 4.65. The lowest BCUT2D eigenvalue weighted by Gasteiger charge is -2.36. The van der Waals surface area contributed by atoms with E-state index in [-0.39, 0.29) is 17.6 Å². The summed E-state index contributed by atoms with van der Waals surface area (Å²) in [7, 11) is 0. The fourth-order valence-electron chi connectivity index (χ4n) is 2.97. The first-order valence-electron chi connectivity index (χ1n) is 8.55. The second-order valence-electron chi connectivity index (χ2n) is 6.84. The minimum Gasteiger partial charge on any atom is -0.339 e. The second-order valence-corrected chi connectivity index (χ2v) is 6.84. The Balaban J connectivity index is 1.24. The lowest BCUT2D eigenvalue weighted by molar-refractivity contribution is -0.118. The van der Waals surface area contributed by atoms with E-state index in [1.165, 1.54) is 6.92 Å². The van der Waals surface area contributed by atoms with Gasteiger partial charge >= 0.3 is 0 Å². The van der Waals surface area contributed by atoms with Crippen LogP contribution in [0.4, 0.5) is 5.69 Å². The molecule has 1 aliphatic heterocycles. The van der Waals surface area contributed by atoms with E-state index in [1.54, 1.807) is 24.3 Å². The van der Waals surface area contributed by atoms with Gasteiger partial charge in [-0.1, -0.05) is 5.16 Å². The molecule has 1 aromatic carbocycles. The molecule has 7 heteroatoms. The van der Waals surface area contributed by atoms with Crippen molar-refractivity contribution in [1.29, 1.82) is 0 Å². The van der Waals surface area contributed by atoms with Gasteiger partial charge in [0, 0.05) is 30.3 Å². The van der Waals surface area contributed by atoms with Crippen LogP contribution in [0.3, 0.4) is 0 Å². The van der Waals surface area contributed by atoms with E-state index in [9.17, 15) is 9.59 Å². The number of benzene rings is 1. The number of rotatable bonds is 6. The zero-order valence-corrected chi connectivity index (χ0v) is 14.1. The van der Waals surface area contributed by atoms with Crippen LogP contribution in [0.15, 0.2) is 28.8 Å². The average molecular weight is 340 g/mol. The van der Waals surface area contributed by atoms with Gasteiger partial charge in [-0.05, 0) is 44.0 Å². The van der Waals surface area contributed by atoms with Crippen molar-refractivity contribution in [3.8, 4) is 0 Å². The maximum atomic E-state index is 12.1. The highest BCUT2D eigenvalue weighted by Gasteiger charge is 2.35. The summed E-state index contributed by atoms with van der Waals surface area (Å²) in [6.07, 6.45) is 2.31. The van der Waals surface area contributed by atoms with Crippen molar-refractivity contribution in [2.24, 2.45) is 0 Å². The number of likely N-dealkylation sites (tertiary alicyclic amines) is 1. The molecule has 0 spiro atoms. The molecule has 2 aliphatic rings. The topological polar surface area (TPSA) is 88.3 Å². The van der Waals surface area contributed by atoms with Gasteiger partial charge in [-0.3, -0.25) is 14.5 Å². The zero-order chi connectivity index (χ0) is 17.4. The number of amides is 1. The van der Waals surface area contributed by atoms with E-state index in [4.69, 9.17) is 4.52 Å². The standard InChI is InChI=1S/C18H20N4O3/c1-11(23)12-4-6-15(7-5-12)19-16(24)10-22-8-14(9-22)18-20-17(21-25-18)13-2-3-13/h4-7,13-14H,2-3,8-10H2,1H3,(H,19,24). The first kappa shape index (κ1) is 16.0. The number of hydrogen-bond donors (Lipinski definition) is 1. The fourth-order valence-corrected chi connectivity index (χ4v) is 2.97. The molecular formula is C18H20N4O3. The Morgan fingerprint density at radius 2 is 1.92 bits per heavy atom. The van der Waals surface area contributed by atoms with Gasteiger partial charge in [-0.15, -0.1) is 0 Å². The predicted octanol–water partition coefficient (Wildman–Crippen LogP) is 2.19. The maximum Gasteiger partial charge on any atom is 0.238 e. The number of nitrogens with one attached hydrogen (secondary N) is 1. The summed E-state index contributed by atoms with van der Waals surface area (Å²) >= 11 is 0. The lowest BCUT2D eigenvalue weighted by atomic mass is 10.0. The summed E-state index contributed by atoms with van der Waals surface area (Å²) in [6, 6.07) is 6.91. The summed E-state index contributed by atoms with van der Waals surface area (Å²) in [6.45, 7) is 3.35. The fraction of sp³-hybridized carbons (Fsp3) is 0.444. The van der Waals surface area contributed by atoms with Gasteiger partial charge in [-0.25, -0.2) is 0 Å². The number of carbonyl (C=O) groups is 2. The average Bonchev–Trinajstić information content (AvgIpc) is 3.29. The summed E-state index contributed by atoms with van der Waals surface area (Å²) in [5, 5.41) is 6.88. The minimum atomic E-state index is -0.0711. The van der Waals surface area contributed by atoms with Crippen molar-refractivity contribution in [2.45, 2.75) is 31.6 Å². The van der Waals surface area contributed by atoms with E-state index in [2.05, 4.69) is 15.5 Å². The smallest absolute Gasteiger partial charge is 0.238 e. The van der Waals surface area contributed by atoms with Crippen LogP contribution in [-0.2, 0) is 4.79 Å². The van der Waals surface area contributed by atoms with Gasteiger partial charge in [0.15, 0.2) is 11.6 Å². The van der Waals surface area contributed by atoms with Gasteiger partial charge < -0.3 is 9.84 Å². The molecule has 4 rings (SSSR count). The van der Waals surface area contributed by atoms with Gasteiger partial charge in [-0.2, -0.15) is 4.98 Å². The normalized spacial score (nSPS) is 18.0. The van der Waals surface area contributed by atoms with Crippen molar-refractivity contribution in [3.63, 3.8) is 0 Å². The third-order valence-electron chi connectivity index (χ3n) is 4.65. The lowest BCUT2D eigenvalue weighted by Crippen LogP contribution is -2.48. The highest BCUT2D eigenvalue weighted by atomic mass is 16.5. The Bertz CT molecular complexity index is 789. The van der Waals surface area contributed by atoms with Gasteiger partial charge in [0.25, 0.3) is 0 Å². The molecule has 0 bridgehead atoms. The van der Waals surface area contributed by atoms with E-state index >= 15 is 0 Å². The number of carbonyl (C=O) groups excluding carboxylic acids is 2. The molecule has 0 atom stereocenters. The number of Topliss-reactive ketones (excluding diaryl/α,β-unsaturated/α-hetero) is 1. The predicted molar refractivity (Wildman–Crippen MR) is 90.5 cm³/mol. The van der Waals surface area contributed by atoms with Crippen molar-refractivity contribution in [3.05, 3.63) is 41.5 Å². The molecule has 2 fully saturated rings. The molecule has 1 saturated heterocycles. The summed E-state index contributed by atoms with van der Waals surface area (Å²) < 4.78 is 5.33. The van der Waals surface area contributed by atoms with Crippen LogP contribution in [0.1, 0.15) is 53.7 Å². The van der Waals surface area contributed by atoms with Crippen molar-refractivity contribution in [1.82, 2.24) is 15.0 Å². The number of aromatic nitrogens is 2. The Kier molecular flexibility index (Phi) is 4.09. The molecule has 1 aliphatic carbocycles. The Hall–Kier alpha value is -2.54. The van der Waals surface area contributed by atoms with Crippen LogP contribution >= 0.6 is 0 Å². The van der Waals surface area contributed by atoms with Gasteiger partial charge in [0.1, 0.15) is 0 Å². The van der Waals surface area contributed by atoms with Gasteiger partial charge in [0.2, 0.25) is 11.8 Å². The van der Waals surface area contributed by atoms with Crippen LogP contribution in [0.5, 0.6) is 0 Å².